The Bertz CT molecular complexity index is 484. The Balaban J connectivity index is 2.95. The number of halogens is 2. The van der Waals surface area contributed by atoms with Crippen molar-refractivity contribution in [2.75, 3.05) is 0 Å². The maximum atomic E-state index is 13.5. The molecule has 0 saturated carbocycles. The second-order valence-electron chi connectivity index (χ2n) is 3.88. The largest absolute Gasteiger partial charge is 0.334 e. The highest BCUT2D eigenvalue weighted by molar-refractivity contribution is 9.10. The molecule has 1 aromatic carbocycles. The lowest BCUT2D eigenvalue weighted by molar-refractivity contribution is 0.0919. The summed E-state index contributed by atoms with van der Waals surface area (Å²) in [4.78, 5) is 11.8. The van der Waals surface area contributed by atoms with E-state index in [1.807, 2.05) is 6.07 Å². The zero-order valence-electron chi connectivity index (χ0n) is 9.55. The molecule has 5 heteroatoms. The van der Waals surface area contributed by atoms with Crippen molar-refractivity contribution in [2.24, 2.45) is 0 Å². The minimum absolute atomic E-state index is 0.0666. The second-order valence-corrected chi connectivity index (χ2v) is 4.79. The first-order valence-corrected chi connectivity index (χ1v) is 5.90. The standard InChI is InChI=1S/C12H12BrFN2O/c1-3-12(2,7-15)16-11(17)9-5-4-8(13)6-10(9)14/h4-6H,3H2,1-2H3,(H,16,17). The van der Waals surface area contributed by atoms with Crippen LogP contribution in [0.25, 0.3) is 0 Å². The molecule has 1 amide bonds. The molecule has 1 N–H and O–H groups in total. The van der Waals surface area contributed by atoms with Crippen LogP contribution in [0.2, 0.25) is 0 Å². The van der Waals surface area contributed by atoms with Crippen LogP contribution in [0.4, 0.5) is 4.39 Å². The van der Waals surface area contributed by atoms with E-state index in [4.69, 9.17) is 5.26 Å². The van der Waals surface area contributed by atoms with Crippen molar-refractivity contribution in [1.29, 1.82) is 5.26 Å². The highest BCUT2D eigenvalue weighted by Gasteiger charge is 2.25. The van der Waals surface area contributed by atoms with E-state index in [2.05, 4.69) is 21.2 Å². The van der Waals surface area contributed by atoms with Gasteiger partial charge in [0.2, 0.25) is 0 Å². The van der Waals surface area contributed by atoms with Crippen molar-refractivity contribution >= 4 is 21.8 Å². The van der Waals surface area contributed by atoms with Gasteiger partial charge in [-0.3, -0.25) is 4.79 Å². The first kappa shape index (κ1) is 13.7. The summed E-state index contributed by atoms with van der Waals surface area (Å²) in [5, 5.41) is 11.4. The third-order valence-electron chi connectivity index (χ3n) is 2.52. The van der Waals surface area contributed by atoms with Gasteiger partial charge in [0.15, 0.2) is 0 Å². The smallest absolute Gasteiger partial charge is 0.255 e. The normalized spacial score (nSPS) is 13.6. The van der Waals surface area contributed by atoms with Crippen molar-refractivity contribution in [3.63, 3.8) is 0 Å². The van der Waals surface area contributed by atoms with Gasteiger partial charge < -0.3 is 5.32 Å². The molecule has 1 unspecified atom stereocenters. The van der Waals surface area contributed by atoms with Crippen LogP contribution in [0.15, 0.2) is 22.7 Å². The van der Waals surface area contributed by atoms with Gasteiger partial charge in [0.05, 0.1) is 11.6 Å². The molecule has 0 bridgehead atoms. The molecule has 0 spiro atoms. The molecule has 0 heterocycles. The van der Waals surface area contributed by atoms with Crippen molar-refractivity contribution in [3.05, 3.63) is 34.1 Å². The summed E-state index contributed by atoms with van der Waals surface area (Å²) >= 11 is 3.11. The van der Waals surface area contributed by atoms with Gasteiger partial charge in [0, 0.05) is 4.47 Å². The number of nitriles is 1. The minimum atomic E-state index is -0.976. The van der Waals surface area contributed by atoms with Gasteiger partial charge in [-0.2, -0.15) is 5.26 Å². The number of nitrogens with one attached hydrogen (secondary N) is 1. The van der Waals surface area contributed by atoms with Gasteiger partial charge in [0.1, 0.15) is 11.4 Å². The van der Waals surface area contributed by atoms with E-state index in [0.29, 0.717) is 10.9 Å². The van der Waals surface area contributed by atoms with Crippen LogP contribution in [0.1, 0.15) is 30.6 Å². The molecule has 0 aliphatic carbocycles. The third-order valence-corrected chi connectivity index (χ3v) is 3.01. The van der Waals surface area contributed by atoms with Crippen LogP contribution in [0, 0.1) is 17.1 Å². The Kier molecular flexibility index (Phi) is 4.24. The van der Waals surface area contributed by atoms with E-state index in [1.54, 1.807) is 19.9 Å². The van der Waals surface area contributed by atoms with E-state index >= 15 is 0 Å². The molecule has 1 atom stereocenters. The van der Waals surface area contributed by atoms with Gasteiger partial charge in [-0.05, 0) is 31.5 Å². The third kappa shape index (κ3) is 3.27. The molecule has 17 heavy (non-hydrogen) atoms. The maximum absolute atomic E-state index is 13.5. The van der Waals surface area contributed by atoms with Crippen LogP contribution >= 0.6 is 15.9 Å². The molecule has 0 aromatic heterocycles. The van der Waals surface area contributed by atoms with Crippen LogP contribution in [-0.2, 0) is 0 Å². The summed E-state index contributed by atoms with van der Waals surface area (Å²) < 4.78 is 14.1. The van der Waals surface area contributed by atoms with Crippen molar-refractivity contribution < 1.29 is 9.18 Å². The lowest BCUT2D eigenvalue weighted by Crippen LogP contribution is -2.44. The summed E-state index contributed by atoms with van der Waals surface area (Å²) in [5.41, 5.74) is -1.04. The van der Waals surface area contributed by atoms with Crippen LogP contribution in [0.5, 0.6) is 0 Å². The lowest BCUT2D eigenvalue weighted by atomic mass is 10.0. The first-order valence-electron chi connectivity index (χ1n) is 5.10. The predicted octanol–water partition coefficient (Wildman–Crippen LogP) is 3.01. The lowest BCUT2D eigenvalue weighted by Gasteiger charge is -2.21. The summed E-state index contributed by atoms with van der Waals surface area (Å²) in [6.45, 7) is 3.38. The fraction of sp³-hybridized carbons (Fsp3) is 0.333. The molecule has 0 aliphatic heterocycles. The molecule has 0 fully saturated rings. The number of hydrogen-bond acceptors (Lipinski definition) is 2. The van der Waals surface area contributed by atoms with Crippen LogP contribution < -0.4 is 5.32 Å². The van der Waals surface area contributed by atoms with E-state index in [9.17, 15) is 9.18 Å². The zero-order valence-corrected chi connectivity index (χ0v) is 11.1. The van der Waals surface area contributed by atoms with Crippen molar-refractivity contribution in [3.8, 4) is 6.07 Å². The summed E-state index contributed by atoms with van der Waals surface area (Å²) in [6.07, 6.45) is 0.452. The molecule has 0 saturated heterocycles. The topological polar surface area (TPSA) is 52.9 Å². The Morgan fingerprint density at radius 3 is 2.76 bits per heavy atom. The quantitative estimate of drug-likeness (QED) is 0.932. The highest BCUT2D eigenvalue weighted by Crippen LogP contribution is 2.16. The SMILES string of the molecule is CCC(C)(C#N)NC(=O)c1ccc(Br)cc1F. The van der Waals surface area contributed by atoms with Crippen LogP contribution in [-0.4, -0.2) is 11.4 Å². The maximum Gasteiger partial charge on any atom is 0.255 e. The predicted molar refractivity (Wildman–Crippen MR) is 65.9 cm³/mol. The van der Waals surface area contributed by atoms with Crippen LogP contribution in [0.3, 0.4) is 0 Å². The average Bonchev–Trinajstić information content (AvgIpc) is 2.28. The Morgan fingerprint density at radius 2 is 2.29 bits per heavy atom. The Morgan fingerprint density at radius 1 is 1.65 bits per heavy atom. The molecule has 90 valence electrons. The Hall–Kier alpha value is -1.41. The zero-order chi connectivity index (χ0) is 13.1. The van der Waals surface area contributed by atoms with Gasteiger partial charge >= 0.3 is 0 Å². The van der Waals surface area contributed by atoms with Crippen molar-refractivity contribution in [1.82, 2.24) is 5.32 Å². The molecular formula is C12H12BrFN2O. The molecule has 1 aromatic rings. The number of hydrogen-bond donors (Lipinski definition) is 1. The van der Waals surface area contributed by atoms with E-state index < -0.39 is 17.3 Å². The number of carbonyl (C=O) groups is 1. The number of nitrogens with zero attached hydrogens (tertiary/aromatic N) is 1. The van der Waals surface area contributed by atoms with Gasteiger partial charge in [-0.25, -0.2) is 4.39 Å². The summed E-state index contributed by atoms with van der Waals surface area (Å²) in [5.74, 6) is -1.20. The fourth-order valence-corrected chi connectivity index (χ4v) is 1.52. The van der Waals surface area contributed by atoms with Crippen molar-refractivity contribution in [2.45, 2.75) is 25.8 Å². The minimum Gasteiger partial charge on any atom is -0.334 e. The molecule has 0 radical (unpaired) electrons. The monoisotopic (exact) mass is 298 g/mol. The Labute approximate surface area is 108 Å². The number of benzene rings is 1. The van der Waals surface area contributed by atoms with Gasteiger partial charge in [-0.15, -0.1) is 0 Å². The van der Waals surface area contributed by atoms with E-state index in [0.717, 1.165) is 0 Å². The fourth-order valence-electron chi connectivity index (χ4n) is 1.19. The second kappa shape index (κ2) is 5.28. The molecule has 3 nitrogen and oxygen atoms in total. The number of amides is 1. The number of rotatable bonds is 3. The van der Waals surface area contributed by atoms with E-state index in [-0.39, 0.29) is 5.56 Å². The molecule has 0 aliphatic rings. The first-order chi connectivity index (χ1) is 7.91. The summed E-state index contributed by atoms with van der Waals surface area (Å²) in [6, 6.07) is 6.16. The van der Waals surface area contributed by atoms with E-state index in [1.165, 1.54) is 12.1 Å². The molecule has 1 rings (SSSR count). The average molecular weight is 299 g/mol. The highest BCUT2D eigenvalue weighted by atomic mass is 79.9. The van der Waals surface area contributed by atoms with Gasteiger partial charge in [0.25, 0.3) is 5.91 Å². The van der Waals surface area contributed by atoms with Gasteiger partial charge in [-0.1, -0.05) is 22.9 Å². The molecular weight excluding hydrogens is 287 g/mol. The number of carbonyl (C=O) groups excluding carboxylic acids is 1. The summed E-state index contributed by atoms with van der Waals surface area (Å²) in [7, 11) is 0.